The van der Waals surface area contributed by atoms with Crippen molar-refractivity contribution in [2.75, 3.05) is 0 Å². The quantitative estimate of drug-likeness (QED) is 0.437. The number of halogens is 4. The van der Waals surface area contributed by atoms with Crippen LogP contribution in [-0.2, 0) is 19.1 Å². The number of carbonyl (C=O) groups excluding carboxylic acids is 2. The third kappa shape index (κ3) is 1.07. The van der Waals surface area contributed by atoms with E-state index in [1.165, 1.54) is 0 Å². The average Bonchev–Trinajstić information content (AvgIpc) is 2.53. The van der Waals surface area contributed by atoms with Gasteiger partial charge in [-0.15, -0.1) is 0 Å². The first kappa shape index (κ1) is 10.2. The van der Waals surface area contributed by atoms with Gasteiger partial charge in [-0.05, 0) is 0 Å². The van der Waals surface area contributed by atoms with E-state index >= 15 is 0 Å². The fraction of sp³-hybridized carbons (Fsp3) is 0.714. The molecule has 4 atom stereocenters. The molecule has 0 aromatic heterocycles. The molecule has 2 rings (SSSR count). The molecule has 2 fully saturated rings. The summed E-state index contributed by atoms with van der Waals surface area (Å²) in [5.74, 6) is -6.52. The lowest BCUT2D eigenvalue weighted by molar-refractivity contribution is -0.226. The zero-order chi connectivity index (χ0) is 11.4. The molecule has 0 aliphatic carbocycles. The molecule has 1 spiro atoms. The molecule has 2 aliphatic heterocycles. The van der Waals surface area contributed by atoms with Crippen molar-refractivity contribution in [3.63, 3.8) is 0 Å². The molecule has 0 aromatic rings. The average molecular weight is 228 g/mol. The summed E-state index contributed by atoms with van der Waals surface area (Å²) in [6, 6.07) is 0. The SMILES string of the molecule is O=C1OC2(OC(=O)C(F)C2F)C(F)C1F. The third-order valence-corrected chi connectivity index (χ3v) is 2.25. The van der Waals surface area contributed by atoms with E-state index in [1.807, 2.05) is 0 Å². The van der Waals surface area contributed by atoms with E-state index in [2.05, 4.69) is 9.47 Å². The maximum absolute atomic E-state index is 13.1. The fourth-order valence-corrected chi connectivity index (χ4v) is 1.47. The molecule has 4 nitrogen and oxygen atoms in total. The Balaban J connectivity index is 2.37. The van der Waals surface area contributed by atoms with Crippen LogP contribution in [0.25, 0.3) is 0 Å². The molecular formula is C7H4F4O4. The monoisotopic (exact) mass is 228 g/mol. The number of carbonyl (C=O) groups is 2. The standard InChI is InChI=1S/C7H4F4O4/c8-1-3(10)7(14-5(1)12)4(11)2(9)6(13)15-7/h1-4H. The molecule has 2 saturated heterocycles. The van der Waals surface area contributed by atoms with Crippen molar-refractivity contribution in [3.8, 4) is 0 Å². The highest BCUT2D eigenvalue weighted by molar-refractivity contribution is 5.83. The van der Waals surface area contributed by atoms with Crippen LogP contribution in [0.5, 0.6) is 0 Å². The van der Waals surface area contributed by atoms with Gasteiger partial charge in [0, 0.05) is 0 Å². The van der Waals surface area contributed by atoms with E-state index in [4.69, 9.17) is 0 Å². The second-order valence-electron chi connectivity index (χ2n) is 3.17. The van der Waals surface area contributed by atoms with Crippen LogP contribution in [-0.4, -0.2) is 42.4 Å². The van der Waals surface area contributed by atoms with Crippen LogP contribution in [0.15, 0.2) is 0 Å². The predicted molar refractivity (Wildman–Crippen MR) is 34.5 cm³/mol. The lowest BCUT2D eigenvalue weighted by Crippen LogP contribution is -2.47. The highest BCUT2D eigenvalue weighted by atomic mass is 19.2. The smallest absolute Gasteiger partial charge is 0.347 e. The Bertz CT molecular complexity index is 301. The van der Waals surface area contributed by atoms with Gasteiger partial charge in [0.15, 0.2) is 0 Å². The van der Waals surface area contributed by atoms with Crippen molar-refractivity contribution in [2.24, 2.45) is 0 Å². The van der Waals surface area contributed by atoms with Gasteiger partial charge in [0.25, 0.3) is 0 Å². The normalized spacial score (nSPS) is 49.6. The van der Waals surface area contributed by atoms with Crippen molar-refractivity contribution in [1.29, 1.82) is 0 Å². The summed E-state index contributed by atoms with van der Waals surface area (Å²) < 4.78 is 59.5. The van der Waals surface area contributed by atoms with Gasteiger partial charge in [0.1, 0.15) is 0 Å². The number of ether oxygens (including phenoxy) is 2. The fourth-order valence-electron chi connectivity index (χ4n) is 1.47. The van der Waals surface area contributed by atoms with E-state index in [0.29, 0.717) is 0 Å². The summed E-state index contributed by atoms with van der Waals surface area (Å²) >= 11 is 0. The maximum Gasteiger partial charge on any atom is 0.347 e. The zero-order valence-electron chi connectivity index (χ0n) is 6.95. The molecule has 0 bridgehead atoms. The van der Waals surface area contributed by atoms with Crippen molar-refractivity contribution < 1.29 is 36.6 Å². The van der Waals surface area contributed by atoms with Crippen LogP contribution < -0.4 is 0 Å². The lowest BCUT2D eigenvalue weighted by Gasteiger charge is -2.23. The van der Waals surface area contributed by atoms with Crippen LogP contribution in [0.2, 0.25) is 0 Å². The van der Waals surface area contributed by atoms with Crippen LogP contribution in [0.3, 0.4) is 0 Å². The maximum atomic E-state index is 13.1. The van der Waals surface area contributed by atoms with Gasteiger partial charge in [-0.25, -0.2) is 27.2 Å². The van der Waals surface area contributed by atoms with Crippen LogP contribution in [0.1, 0.15) is 0 Å². The molecule has 0 N–H and O–H groups in total. The first-order chi connectivity index (χ1) is 6.90. The molecule has 0 amide bonds. The Hall–Kier alpha value is -1.34. The number of alkyl halides is 4. The van der Waals surface area contributed by atoms with E-state index in [-0.39, 0.29) is 0 Å². The van der Waals surface area contributed by atoms with Crippen LogP contribution >= 0.6 is 0 Å². The summed E-state index contributed by atoms with van der Waals surface area (Å²) in [5, 5.41) is 0. The van der Waals surface area contributed by atoms with E-state index in [1.54, 1.807) is 0 Å². The molecule has 2 heterocycles. The van der Waals surface area contributed by atoms with Crippen LogP contribution in [0, 0.1) is 0 Å². The van der Waals surface area contributed by atoms with Gasteiger partial charge in [-0.3, -0.25) is 0 Å². The highest BCUT2D eigenvalue weighted by Gasteiger charge is 2.72. The Labute approximate surface area is 80.1 Å². The minimum absolute atomic E-state index is 1.72. The number of hydrogen-bond acceptors (Lipinski definition) is 4. The summed E-state index contributed by atoms with van der Waals surface area (Å²) in [7, 11) is 0. The number of rotatable bonds is 0. The summed E-state index contributed by atoms with van der Waals surface area (Å²) in [6.07, 6.45) is -11.3. The minimum Gasteiger partial charge on any atom is -0.414 e. The second kappa shape index (κ2) is 2.83. The molecule has 84 valence electrons. The Morgan fingerprint density at radius 3 is 1.40 bits per heavy atom. The molecule has 4 unspecified atom stereocenters. The van der Waals surface area contributed by atoms with E-state index in [0.717, 1.165) is 0 Å². The zero-order valence-corrected chi connectivity index (χ0v) is 6.95. The van der Waals surface area contributed by atoms with Gasteiger partial charge in [0.2, 0.25) is 24.7 Å². The lowest BCUT2D eigenvalue weighted by atomic mass is 10.0. The first-order valence-corrected chi connectivity index (χ1v) is 3.92. The Morgan fingerprint density at radius 1 is 0.867 bits per heavy atom. The molecule has 8 heteroatoms. The highest BCUT2D eigenvalue weighted by Crippen LogP contribution is 2.43. The summed E-state index contributed by atoms with van der Waals surface area (Å²) in [6.45, 7) is 0. The van der Waals surface area contributed by atoms with Gasteiger partial charge < -0.3 is 9.47 Å². The summed E-state index contributed by atoms with van der Waals surface area (Å²) in [4.78, 5) is 21.2. The Morgan fingerprint density at radius 2 is 1.20 bits per heavy atom. The molecule has 15 heavy (non-hydrogen) atoms. The van der Waals surface area contributed by atoms with Crippen molar-refractivity contribution in [2.45, 2.75) is 30.5 Å². The third-order valence-electron chi connectivity index (χ3n) is 2.25. The largest absolute Gasteiger partial charge is 0.414 e. The molecule has 0 saturated carbocycles. The van der Waals surface area contributed by atoms with E-state index in [9.17, 15) is 27.2 Å². The molecule has 0 radical (unpaired) electrons. The van der Waals surface area contributed by atoms with Gasteiger partial charge in [0.05, 0.1) is 0 Å². The molecule has 0 aromatic carbocycles. The Kier molecular flexibility index (Phi) is 1.92. The number of esters is 2. The predicted octanol–water partition coefficient (Wildman–Crippen LogP) is 0.149. The summed E-state index contributed by atoms with van der Waals surface area (Å²) in [5.41, 5.74) is 0. The van der Waals surface area contributed by atoms with Gasteiger partial charge in [-0.1, -0.05) is 0 Å². The van der Waals surface area contributed by atoms with Crippen molar-refractivity contribution >= 4 is 11.9 Å². The van der Waals surface area contributed by atoms with Gasteiger partial charge in [-0.2, -0.15) is 0 Å². The topological polar surface area (TPSA) is 52.6 Å². The first-order valence-electron chi connectivity index (χ1n) is 3.92. The van der Waals surface area contributed by atoms with Gasteiger partial charge >= 0.3 is 17.7 Å². The van der Waals surface area contributed by atoms with Crippen molar-refractivity contribution in [3.05, 3.63) is 0 Å². The molecule has 2 aliphatic rings. The van der Waals surface area contributed by atoms with Crippen LogP contribution in [0.4, 0.5) is 17.6 Å². The van der Waals surface area contributed by atoms with Crippen molar-refractivity contribution in [1.82, 2.24) is 0 Å². The number of hydrogen-bond donors (Lipinski definition) is 0. The minimum atomic E-state index is -3.09. The van der Waals surface area contributed by atoms with E-state index < -0.39 is 42.4 Å². The second-order valence-corrected chi connectivity index (χ2v) is 3.17. The molecular weight excluding hydrogens is 224 g/mol.